The molecule has 1 aromatic carbocycles. The number of ether oxygens (including phenoxy) is 4. The number of rotatable bonds is 18. The normalized spacial score (nSPS) is 10.9. The Kier molecular flexibility index (Phi) is 37.4. The van der Waals surface area contributed by atoms with Gasteiger partial charge in [0.2, 0.25) is 11.8 Å². The van der Waals surface area contributed by atoms with Crippen LogP contribution in [0.4, 0.5) is 0 Å². The maximum atomic E-state index is 5.62. The van der Waals surface area contributed by atoms with Gasteiger partial charge >= 0.3 is 0 Å². The van der Waals surface area contributed by atoms with Crippen LogP contribution < -0.4 is 18.9 Å². The molecular weight excluding hydrogens is 1150 g/mol. The quantitative estimate of drug-likeness (QED) is 0.0815. The van der Waals surface area contributed by atoms with Gasteiger partial charge in [-0.05, 0) is 206 Å². The van der Waals surface area contributed by atoms with Crippen LogP contribution in [0.2, 0.25) is 0 Å². The summed E-state index contributed by atoms with van der Waals surface area (Å²) in [5.74, 6) is 7.35. The topological polar surface area (TPSA) is 127 Å². The first-order chi connectivity index (χ1) is 43.7. The van der Waals surface area contributed by atoms with Crippen LogP contribution in [0.15, 0.2) is 134 Å². The summed E-state index contributed by atoms with van der Waals surface area (Å²) in [6.45, 7) is 59.8. The molecule has 8 aromatic rings. The first-order valence-corrected chi connectivity index (χ1v) is 34.1. The van der Waals surface area contributed by atoms with Crippen LogP contribution in [0.5, 0.6) is 23.3 Å². The fourth-order valence-corrected chi connectivity index (χ4v) is 8.45. The first-order valence-electron chi connectivity index (χ1n) is 34.1. The van der Waals surface area contributed by atoms with Gasteiger partial charge in [-0.2, -0.15) is 0 Å². The van der Waals surface area contributed by atoms with E-state index in [9.17, 15) is 0 Å². The Morgan fingerprint density at radius 2 is 0.860 bits per heavy atom. The molecule has 11 heteroatoms. The molecule has 7 heterocycles. The average Bonchev–Trinajstić information content (AvgIpc) is 1.42. The van der Waals surface area contributed by atoms with Crippen LogP contribution >= 0.6 is 0 Å². The zero-order chi connectivity index (χ0) is 70.1. The molecule has 0 unspecified atom stereocenters. The third-order valence-electron chi connectivity index (χ3n) is 14.5. The van der Waals surface area contributed by atoms with Crippen molar-refractivity contribution in [2.45, 2.75) is 260 Å². The first kappa shape index (κ1) is 81.6. The number of hydrogen-bond acceptors (Lipinski definition) is 11. The summed E-state index contributed by atoms with van der Waals surface area (Å²) < 4.78 is 22.2. The van der Waals surface area contributed by atoms with E-state index in [1.807, 2.05) is 110 Å². The van der Waals surface area contributed by atoms with Gasteiger partial charge < -0.3 is 18.9 Å². The summed E-state index contributed by atoms with van der Waals surface area (Å²) in [6.07, 6.45) is 11.0. The standard InChI is InChI=1S/C14H15N.3C12H19NO.C11H17NO.C11H17N.C10H15N/c1-11(2)14-9-8-13(10-15-14)12-6-4-3-5-7-12;1-8(2)11-6-10(5)12(7-13-11)14-9(3)4;1-8(2)11-6-10(5)12(13-7-11)14-9(3)4;1-9(2)8-14-11-5-6-12(10(3)4)13-7-11;1-8(2)10-5-6-11(12-7-10)13-9(3)4;1-5-10-6-7-11(8(2)3)12-9(10)4;1-7(2)10-6-5-8(3)9(4)11-10/h3-11H,1-2H3;2*6-9H,1-5H3;5-7,9-10H,8H2,1-4H3;5-9H,1-4H3;6-8H,5H2,1-4H3;5-7H,1-4H3. The number of pyridine rings is 7. The highest BCUT2D eigenvalue weighted by Gasteiger charge is 2.10. The summed E-state index contributed by atoms with van der Waals surface area (Å²) in [6, 6.07) is 35.4. The van der Waals surface area contributed by atoms with Gasteiger partial charge in [0.1, 0.15) is 11.5 Å². The predicted octanol–water partition coefficient (Wildman–Crippen LogP) is 22.6. The van der Waals surface area contributed by atoms with Crippen molar-refractivity contribution in [1.82, 2.24) is 34.9 Å². The Morgan fingerprint density at radius 1 is 0.355 bits per heavy atom. The number of hydrogen-bond donors (Lipinski definition) is 0. The average molecular weight is 1270 g/mol. The fourth-order valence-electron chi connectivity index (χ4n) is 8.45. The Balaban J connectivity index is 0.000000370. The molecule has 11 nitrogen and oxygen atoms in total. The van der Waals surface area contributed by atoms with Crippen molar-refractivity contribution < 1.29 is 18.9 Å². The summed E-state index contributed by atoms with van der Waals surface area (Å²) in [5, 5.41) is 0. The Bertz CT molecular complexity index is 3230. The Hall–Kier alpha value is -7.53. The van der Waals surface area contributed by atoms with Crippen LogP contribution in [0, 0.1) is 40.5 Å². The molecule has 93 heavy (non-hydrogen) atoms. The van der Waals surface area contributed by atoms with Crippen LogP contribution in [-0.4, -0.2) is 59.8 Å². The van der Waals surface area contributed by atoms with Crippen LogP contribution in [0.25, 0.3) is 11.1 Å². The van der Waals surface area contributed by atoms with Crippen molar-refractivity contribution in [2.75, 3.05) is 6.61 Å². The summed E-state index contributed by atoms with van der Waals surface area (Å²) in [5.41, 5.74) is 17.9. The largest absolute Gasteiger partial charge is 0.492 e. The molecule has 0 fully saturated rings. The molecule has 0 saturated heterocycles. The van der Waals surface area contributed by atoms with E-state index < -0.39 is 0 Å². The van der Waals surface area contributed by atoms with Gasteiger partial charge in [-0.3, -0.25) is 24.9 Å². The molecule has 0 radical (unpaired) electrons. The molecule has 0 amide bonds. The van der Waals surface area contributed by atoms with Crippen molar-refractivity contribution >= 4 is 0 Å². The van der Waals surface area contributed by atoms with Crippen molar-refractivity contribution in [3.05, 3.63) is 207 Å². The van der Waals surface area contributed by atoms with E-state index >= 15 is 0 Å². The molecule has 7 aromatic heterocycles. The molecule has 0 saturated carbocycles. The Labute approximate surface area is 565 Å². The number of aromatic nitrogens is 7. The van der Waals surface area contributed by atoms with E-state index in [0.717, 1.165) is 64.3 Å². The molecule has 0 spiro atoms. The molecule has 0 aliphatic rings. The number of aryl methyl sites for hydroxylation is 6. The number of benzene rings is 1. The second kappa shape index (κ2) is 42.6. The maximum Gasteiger partial charge on any atom is 0.216 e. The molecule has 508 valence electrons. The van der Waals surface area contributed by atoms with Crippen LogP contribution in [0.1, 0.15) is 274 Å². The molecular formula is C82H121N7O4. The lowest BCUT2D eigenvalue weighted by atomic mass is 10.0. The second-order valence-electron chi connectivity index (χ2n) is 27.2. The summed E-state index contributed by atoms with van der Waals surface area (Å²) >= 11 is 0. The lowest BCUT2D eigenvalue weighted by Gasteiger charge is -2.13. The second-order valence-corrected chi connectivity index (χ2v) is 27.2. The minimum atomic E-state index is 0.186. The molecule has 0 atom stereocenters. The highest BCUT2D eigenvalue weighted by atomic mass is 16.5. The van der Waals surface area contributed by atoms with Crippen molar-refractivity contribution in [1.29, 1.82) is 0 Å². The molecule has 8 rings (SSSR count). The lowest BCUT2D eigenvalue weighted by Crippen LogP contribution is -2.08. The van der Waals surface area contributed by atoms with Crippen molar-refractivity contribution in [3.8, 4) is 34.4 Å². The van der Waals surface area contributed by atoms with E-state index in [1.54, 1.807) is 6.20 Å². The van der Waals surface area contributed by atoms with E-state index in [1.165, 1.54) is 50.5 Å². The SMILES string of the molecule is CC(C)COc1ccc(C(C)C)nc1.CC(C)Oc1ccc(C(C)C)cn1.CC(C)c1ccc(-c2ccccc2)cn1.CCc1ccc(C(C)C)nc1C.Cc1cc(C(C)C)cnc1OC(C)C.Cc1cc(C(C)C)ncc1OC(C)C.Cc1ccc(C(C)C)nc1C. The third-order valence-corrected chi connectivity index (χ3v) is 14.5. The molecule has 0 bridgehead atoms. The van der Waals surface area contributed by atoms with E-state index in [0.29, 0.717) is 53.2 Å². The minimum Gasteiger partial charge on any atom is -0.492 e. The summed E-state index contributed by atoms with van der Waals surface area (Å²) in [7, 11) is 0. The van der Waals surface area contributed by atoms with Crippen molar-refractivity contribution in [2.24, 2.45) is 5.92 Å². The number of nitrogens with zero attached hydrogens (tertiary/aromatic N) is 7. The third kappa shape index (κ3) is 32.2. The van der Waals surface area contributed by atoms with Crippen LogP contribution in [-0.2, 0) is 6.42 Å². The zero-order valence-electron chi connectivity index (χ0n) is 62.7. The highest BCUT2D eigenvalue weighted by molar-refractivity contribution is 5.62. The van der Waals surface area contributed by atoms with E-state index in [2.05, 4.69) is 247 Å². The monoisotopic (exact) mass is 1270 g/mol. The smallest absolute Gasteiger partial charge is 0.216 e. The lowest BCUT2D eigenvalue weighted by molar-refractivity contribution is 0.230. The van der Waals surface area contributed by atoms with Gasteiger partial charge in [-0.1, -0.05) is 172 Å². The maximum absolute atomic E-state index is 5.62. The van der Waals surface area contributed by atoms with Gasteiger partial charge in [-0.15, -0.1) is 0 Å². The molecule has 0 aliphatic carbocycles. The predicted molar refractivity (Wildman–Crippen MR) is 394 cm³/mol. The minimum absolute atomic E-state index is 0.186. The molecule has 0 N–H and O–H groups in total. The van der Waals surface area contributed by atoms with Gasteiger partial charge in [-0.25, -0.2) is 9.97 Å². The van der Waals surface area contributed by atoms with E-state index in [-0.39, 0.29) is 18.3 Å². The van der Waals surface area contributed by atoms with Gasteiger partial charge in [0, 0.05) is 75.6 Å². The van der Waals surface area contributed by atoms with Gasteiger partial charge in [0.05, 0.1) is 37.3 Å². The fraction of sp³-hybridized carbons (Fsp3) is 0.500. The molecule has 0 aliphatic heterocycles. The highest BCUT2D eigenvalue weighted by Crippen LogP contribution is 2.25. The zero-order valence-corrected chi connectivity index (χ0v) is 62.7. The van der Waals surface area contributed by atoms with Gasteiger partial charge in [0.25, 0.3) is 0 Å². The van der Waals surface area contributed by atoms with Crippen LogP contribution in [0.3, 0.4) is 0 Å². The van der Waals surface area contributed by atoms with Crippen molar-refractivity contribution in [3.63, 3.8) is 0 Å². The Morgan fingerprint density at radius 3 is 1.28 bits per heavy atom. The van der Waals surface area contributed by atoms with Gasteiger partial charge in [0.15, 0.2) is 0 Å². The van der Waals surface area contributed by atoms with E-state index in [4.69, 9.17) is 18.9 Å². The summed E-state index contributed by atoms with van der Waals surface area (Å²) in [4.78, 5) is 30.7.